The van der Waals surface area contributed by atoms with Crippen molar-refractivity contribution in [1.29, 1.82) is 0 Å². The molecule has 12 heteroatoms. The molecule has 0 aliphatic heterocycles. The van der Waals surface area contributed by atoms with E-state index < -0.39 is 35.8 Å². The third-order valence-electron chi connectivity index (χ3n) is 1.57. The number of carbonyl (C=O) groups is 2. The summed E-state index contributed by atoms with van der Waals surface area (Å²) in [4.78, 5) is 19.5. The first-order chi connectivity index (χ1) is 7.60. The Morgan fingerprint density at radius 2 is 1.06 bits per heavy atom. The number of rotatable bonds is 4. The summed E-state index contributed by atoms with van der Waals surface area (Å²) in [5, 5.41) is 0. The van der Waals surface area contributed by atoms with Crippen molar-refractivity contribution in [2.75, 3.05) is 0 Å². The van der Waals surface area contributed by atoms with Crippen molar-refractivity contribution in [3.05, 3.63) is 0 Å². The van der Waals surface area contributed by atoms with Crippen LogP contribution >= 0.6 is 0 Å². The van der Waals surface area contributed by atoms with Gasteiger partial charge in [0, 0.05) is 0 Å². The predicted octanol–water partition coefficient (Wildman–Crippen LogP) is 2.52. The molecule has 0 aromatic rings. The van der Waals surface area contributed by atoms with E-state index in [1.54, 1.807) is 0 Å². The van der Waals surface area contributed by atoms with Crippen LogP contribution in [0.2, 0.25) is 0 Å². The van der Waals surface area contributed by atoms with E-state index in [-0.39, 0.29) is 0 Å². The fourth-order valence-corrected chi connectivity index (χ4v) is 0.607. The minimum atomic E-state index is -7.18. The van der Waals surface area contributed by atoms with Gasteiger partial charge in [0.25, 0.3) is 5.78 Å². The van der Waals surface area contributed by atoms with Crippen LogP contribution in [0.5, 0.6) is 0 Å². The van der Waals surface area contributed by atoms with E-state index in [0.717, 1.165) is 0 Å². The quantitative estimate of drug-likeness (QED) is 0.453. The van der Waals surface area contributed by atoms with E-state index in [9.17, 15) is 53.5 Å². The van der Waals surface area contributed by atoms with Crippen molar-refractivity contribution in [1.82, 2.24) is 0 Å². The Morgan fingerprint density at radius 1 is 0.722 bits per heavy atom. The number of ketones is 1. The van der Waals surface area contributed by atoms with Gasteiger partial charge >= 0.3 is 30.0 Å². The number of hydrogen-bond donors (Lipinski definition) is 0. The van der Waals surface area contributed by atoms with Gasteiger partial charge in [0.15, 0.2) is 0 Å². The van der Waals surface area contributed by atoms with Crippen LogP contribution in [0.3, 0.4) is 0 Å². The molecule has 0 spiro atoms. The molecule has 18 heavy (non-hydrogen) atoms. The molecule has 106 valence electrons. The third-order valence-corrected chi connectivity index (χ3v) is 1.57. The lowest BCUT2D eigenvalue weighted by Crippen LogP contribution is -2.61. The second-order valence-corrected chi connectivity index (χ2v) is 2.82. The predicted molar refractivity (Wildman–Crippen MR) is 32.0 cm³/mol. The largest absolute Gasteiger partial charge is 0.460 e. The van der Waals surface area contributed by atoms with E-state index >= 15 is 0 Å². The molecule has 0 saturated heterocycles. The Balaban J connectivity index is 5.69. The summed E-state index contributed by atoms with van der Waals surface area (Å²) in [5.74, 6) is -25.0. The monoisotopic (exact) mass is 294 g/mol. The highest BCUT2D eigenvalue weighted by atomic mass is 19.4. The van der Waals surface area contributed by atoms with Gasteiger partial charge in [0.05, 0.1) is 0 Å². The summed E-state index contributed by atoms with van der Waals surface area (Å²) in [6, 6.07) is -4.08. The SMILES string of the molecule is O=C(F)C(F)(F)C(=O)C(F)(F)C(F)(F)C(F)(F)F. The maximum absolute atomic E-state index is 12.3. The second-order valence-electron chi connectivity index (χ2n) is 2.82. The maximum Gasteiger partial charge on any atom is 0.460 e. The van der Waals surface area contributed by atoms with Crippen molar-refractivity contribution < 1.29 is 53.5 Å². The van der Waals surface area contributed by atoms with Gasteiger partial charge in [0.2, 0.25) is 0 Å². The van der Waals surface area contributed by atoms with Gasteiger partial charge in [-0.2, -0.15) is 43.9 Å². The molecule has 0 bridgehead atoms. The average Bonchev–Trinajstić information content (AvgIpc) is 2.13. The Kier molecular flexibility index (Phi) is 3.78. The zero-order chi connectivity index (χ0) is 15.2. The fourth-order valence-electron chi connectivity index (χ4n) is 0.607. The van der Waals surface area contributed by atoms with Crippen molar-refractivity contribution in [3.8, 4) is 0 Å². The molecule has 0 aliphatic carbocycles. The molecule has 0 amide bonds. The van der Waals surface area contributed by atoms with Crippen molar-refractivity contribution >= 4 is 11.8 Å². The summed E-state index contributed by atoms with van der Waals surface area (Å²) < 4.78 is 119. The molecule has 0 rings (SSSR count). The lowest BCUT2D eigenvalue weighted by atomic mass is 10.0. The van der Waals surface area contributed by atoms with E-state index in [2.05, 4.69) is 0 Å². The molecule has 0 aromatic heterocycles. The van der Waals surface area contributed by atoms with Gasteiger partial charge in [-0.05, 0) is 0 Å². The van der Waals surface area contributed by atoms with Crippen molar-refractivity contribution in [2.24, 2.45) is 0 Å². The minimum Gasteiger partial charge on any atom is -0.285 e. The molecule has 0 atom stereocenters. The Hall–Kier alpha value is -1.36. The maximum atomic E-state index is 12.3. The van der Waals surface area contributed by atoms with Crippen LogP contribution in [0.1, 0.15) is 0 Å². The van der Waals surface area contributed by atoms with Gasteiger partial charge in [-0.25, -0.2) is 0 Å². The molecule has 0 saturated carbocycles. The van der Waals surface area contributed by atoms with Gasteiger partial charge in [-0.3, -0.25) is 9.59 Å². The summed E-state index contributed by atoms with van der Waals surface area (Å²) in [5.41, 5.74) is 0. The molecule has 0 aromatic carbocycles. The average molecular weight is 294 g/mol. The van der Waals surface area contributed by atoms with Crippen LogP contribution in [0.4, 0.5) is 43.9 Å². The van der Waals surface area contributed by atoms with Gasteiger partial charge in [0.1, 0.15) is 0 Å². The molecule has 0 heterocycles. The number of Topliss-reactive ketones (excluding diaryl/α,β-unsaturated/α-hetero) is 1. The lowest BCUT2D eigenvalue weighted by Gasteiger charge is -2.28. The highest BCUT2D eigenvalue weighted by molar-refractivity contribution is 6.08. The first-order valence-electron chi connectivity index (χ1n) is 3.55. The molecular weight excluding hydrogens is 294 g/mol. The van der Waals surface area contributed by atoms with E-state index in [0.29, 0.717) is 0 Å². The topological polar surface area (TPSA) is 34.1 Å². The molecule has 0 aliphatic rings. The zero-order valence-corrected chi connectivity index (χ0v) is 7.60. The van der Waals surface area contributed by atoms with Crippen LogP contribution in [0.15, 0.2) is 0 Å². The van der Waals surface area contributed by atoms with E-state index in [1.807, 2.05) is 0 Å². The molecule has 0 fully saturated rings. The number of halogens is 10. The van der Waals surface area contributed by atoms with Gasteiger partial charge in [-0.15, -0.1) is 0 Å². The van der Waals surface area contributed by atoms with E-state index in [4.69, 9.17) is 0 Å². The van der Waals surface area contributed by atoms with Crippen molar-refractivity contribution in [2.45, 2.75) is 23.9 Å². The highest BCUT2D eigenvalue weighted by Crippen LogP contribution is 2.48. The second kappa shape index (κ2) is 4.09. The first-order valence-corrected chi connectivity index (χ1v) is 3.55. The van der Waals surface area contributed by atoms with E-state index in [1.165, 1.54) is 0 Å². The van der Waals surface area contributed by atoms with Crippen LogP contribution < -0.4 is 0 Å². The normalized spacial score (nSPS) is 14.6. The fraction of sp³-hybridized carbons (Fsp3) is 0.667. The standard InChI is InChI=1S/C6F10O2/c7-2(18)3(8,9)1(17)4(10,11)5(12,13)6(14,15)16. The summed E-state index contributed by atoms with van der Waals surface area (Å²) in [7, 11) is 0. The molecular formula is C6F10O2. The summed E-state index contributed by atoms with van der Waals surface area (Å²) >= 11 is 0. The van der Waals surface area contributed by atoms with Crippen LogP contribution in [0.25, 0.3) is 0 Å². The van der Waals surface area contributed by atoms with Gasteiger partial charge in [-0.1, -0.05) is 0 Å². The van der Waals surface area contributed by atoms with Crippen LogP contribution in [-0.4, -0.2) is 35.8 Å². The molecule has 0 N–H and O–H groups in total. The summed E-state index contributed by atoms with van der Waals surface area (Å²) in [6.07, 6.45) is -7.05. The van der Waals surface area contributed by atoms with Crippen LogP contribution in [0, 0.1) is 0 Å². The number of carbonyl (C=O) groups excluding carboxylic acids is 2. The third kappa shape index (κ3) is 2.27. The first kappa shape index (κ1) is 16.6. The lowest BCUT2D eigenvalue weighted by molar-refractivity contribution is -0.346. The minimum absolute atomic E-state index is 4.08. The Labute approximate surface area is 90.5 Å². The highest BCUT2D eigenvalue weighted by Gasteiger charge is 2.80. The molecule has 0 radical (unpaired) electrons. The van der Waals surface area contributed by atoms with Crippen LogP contribution in [-0.2, 0) is 9.59 Å². The molecule has 2 nitrogen and oxygen atoms in total. The smallest absolute Gasteiger partial charge is 0.285 e. The molecule has 0 unspecified atom stereocenters. The Morgan fingerprint density at radius 3 is 1.28 bits per heavy atom. The number of hydrogen-bond acceptors (Lipinski definition) is 2. The Bertz CT molecular complexity index is 367. The van der Waals surface area contributed by atoms with Gasteiger partial charge < -0.3 is 0 Å². The number of alkyl halides is 9. The summed E-state index contributed by atoms with van der Waals surface area (Å²) in [6.45, 7) is 0. The zero-order valence-electron chi connectivity index (χ0n) is 7.60. The van der Waals surface area contributed by atoms with Crippen molar-refractivity contribution in [3.63, 3.8) is 0 Å².